The highest BCUT2D eigenvalue weighted by Crippen LogP contribution is 2.33. The number of benzene rings is 2. The number of rotatable bonds is 11. The van der Waals surface area contributed by atoms with Crippen LogP contribution in [0.2, 0.25) is 0 Å². The Morgan fingerprint density at radius 1 is 1.11 bits per heavy atom. The molecule has 0 heterocycles. The van der Waals surface area contributed by atoms with Gasteiger partial charge in [0, 0.05) is 24.7 Å². The molecular formula is C23H30N4O7S. The lowest BCUT2D eigenvalue weighted by Gasteiger charge is -2.32. The lowest BCUT2D eigenvalue weighted by Crippen LogP contribution is -2.52. The fraction of sp³-hybridized carbons (Fsp3) is 0.391. The summed E-state index contributed by atoms with van der Waals surface area (Å²) in [5.74, 6) is -1.03. The molecule has 0 saturated carbocycles. The van der Waals surface area contributed by atoms with Crippen molar-refractivity contribution in [3.05, 3.63) is 64.2 Å². The first-order chi connectivity index (χ1) is 16.3. The molecule has 2 aromatic carbocycles. The lowest BCUT2D eigenvalue weighted by molar-refractivity contribution is -0.384. The Balaban J connectivity index is 2.50. The number of ether oxygens (including phenoxy) is 1. The van der Waals surface area contributed by atoms with E-state index in [4.69, 9.17) is 4.74 Å². The molecule has 12 heteroatoms. The summed E-state index contributed by atoms with van der Waals surface area (Å²) in [7, 11) is -2.79. The molecule has 1 N–H and O–H groups in total. The third-order valence-electron chi connectivity index (χ3n) is 5.12. The van der Waals surface area contributed by atoms with Crippen LogP contribution in [0.5, 0.6) is 5.75 Å². The Morgan fingerprint density at radius 3 is 2.26 bits per heavy atom. The Kier molecular flexibility index (Phi) is 9.18. The highest BCUT2D eigenvalue weighted by Gasteiger charge is 2.32. The van der Waals surface area contributed by atoms with E-state index >= 15 is 0 Å². The number of nitrogens with one attached hydrogen (secondary N) is 1. The van der Waals surface area contributed by atoms with Crippen molar-refractivity contribution in [3.8, 4) is 5.75 Å². The predicted octanol–water partition coefficient (Wildman–Crippen LogP) is 2.31. The van der Waals surface area contributed by atoms with Gasteiger partial charge in [0.25, 0.3) is 5.69 Å². The molecule has 0 radical (unpaired) electrons. The van der Waals surface area contributed by atoms with Gasteiger partial charge in [-0.05, 0) is 32.4 Å². The molecule has 0 aliphatic carbocycles. The van der Waals surface area contributed by atoms with Crippen LogP contribution in [0.3, 0.4) is 0 Å². The summed E-state index contributed by atoms with van der Waals surface area (Å²) in [6.45, 7) is 4.48. The number of amides is 2. The number of non-ortho nitro benzene ring substituents is 1. The van der Waals surface area contributed by atoms with Crippen LogP contribution in [0.1, 0.15) is 26.3 Å². The molecule has 2 rings (SSSR count). The maximum Gasteiger partial charge on any atom is 0.271 e. The maximum absolute atomic E-state index is 13.5. The molecule has 0 unspecified atom stereocenters. The van der Waals surface area contributed by atoms with Gasteiger partial charge in [-0.15, -0.1) is 0 Å². The molecule has 2 amide bonds. The quantitative estimate of drug-likeness (QED) is 0.364. The van der Waals surface area contributed by atoms with Crippen LogP contribution >= 0.6 is 0 Å². The molecule has 1 atom stereocenters. The molecule has 190 valence electrons. The van der Waals surface area contributed by atoms with Crippen molar-refractivity contribution < 1.29 is 27.7 Å². The number of hydrogen-bond donors (Lipinski definition) is 1. The first kappa shape index (κ1) is 27.6. The highest BCUT2D eigenvalue weighted by molar-refractivity contribution is 7.92. The van der Waals surface area contributed by atoms with Crippen molar-refractivity contribution in [1.82, 2.24) is 10.2 Å². The van der Waals surface area contributed by atoms with Gasteiger partial charge in [-0.25, -0.2) is 8.42 Å². The van der Waals surface area contributed by atoms with Gasteiger partial charge in [-0.1, -0.05) is 30.3 Å². The van der Waals surface area contributed by atoms with Crippen LogP contribution in [0, 0.1) is 10.1 Å². The number of methoxy groups -OCH3 is 1. The second kappa shape index (κ2) is 11.6. The third kappa shape index (κ3) is 7.41. The third-order valence-corrected chi connectivity index (χ3v) is 6.24. The summed E-state index contributed by atoms with van der Waals surface area (Å²) >= 11 is 0. The molecule has 0 aliphatic heterocycles. The smallest absolute Gasteiger partial charge is 0.271 e. The number of nitro benzene ring substituents is 1. The van der Waals surface area contributed by atoms with Gasteiger partial charge >= 0.3 is 0 Å². The minimum absolute atomic E-state index is 0.0361. The standard InChI is InChI=1S/C23H30N4O7S/c1-16(2)24-23(29)17(3)25(14-18-9-7-6-8-10-18)22(28)15-26(35(5,32)33)20-13-19(27(30)31)11-12-21(20)34-4/h6-13,16-17H,14-15H2,1-5H3,(H,24,29)/t17-/m0/s1. The summed E-state index contributed by atoms with van der Waals surface area (Å²) in [4.78, 5) is 38.1. The number of nitro groups is 1. The molecule has 0 saturated heterocycles. The minimum Gasteiger partial charge on any atom is -0.495 e. The molecule has 11 nitrogen and oxygen atoms in total. The average molecular weight is 507 g/mol. The lowest BCUT2D eigenvalue weighted by atomic mass is 10.1. The van der Waals surface area contributed by atoms with Gasteiger partial charge in [-0.2, -0.15) is 0 Å². The van der Waals surface area contributed by atoms with Crippen LogP contribution in [-0.4, -0.2) is 62.0 Å². The molecule has 2 aromatic rings. The summed E-state index contributed by atoms with van der Waals surface area (Å²) in [5.41, 5.74) is 0.216. The van der Waals surface area contributed by atoms with E-state index in [1.165, 1.54) is 24.1 Å². The summed E-state index contributed by atoms with van der Waals surface area (Å²) in [6.07, 6.45) is 0.884. The Hall–Kier alpha value is -3.67. The van der Waals surface area contributed by atoms with Gasteiger partial charge in [0.1, 0.15) is 24.0 Å². The van der Waals surface area contributed by atoms with Crippen LogP contribution in [0.25, 0.3) is 0 Å². The second-order valence-corrected chi connectivity index (χ2v) is 10.1. The highest BCUT2D eigenvalue weighted by atomic mass is 32.2. The Labute approximate surface area is 204 Å². The van der Waals surface area contributed by atoms with Crippen molar-refractivity contribution >= 4 is 33.2 Å². The van der Waals surface area contributed by atoms with Gasteiger partial charge in [0.2, 0.25) is 21.8 Å². The van der Waals surface area contributed by atoms with Gasteiger partial charge < -0.3 is 15.0 Å². The first-order valence-electron chi connectivity index (χ1n) is 10.8. The van der Waals surface area contributed by atoms with Gasteiger partial charge in [-0.3, -0.25) is 24.0 Å². The molecular weight excluding hydrogens is 476 g/mol. The van der Waals surface area contributed by atoms with Crippen molar-refractivity contribution in [3.63, 3.8) is 0 Å². The zero-order valence-electron chi connectivity index (χ0n) is 20.3. The average Bonchev–Trinajstić information content (AvgIpc) is 2.79. The van der Waals surface area contributed by atoms with E-state index in [0.29, 0.717) is 0 Å². The monoisotopic (exact) mass is 506 g/mol. The second-order valence-electron chi connectivity index (χ2n) is 8.23. The van der Waals surface area contributed by atoms with Gasteiger partial charge in [0.05, 0.1) is 18.3 Å². The first-order valence-corrected chi connectivity index (χ1v) is 12.6. The largest absolute Gasteiger partial charge is 0.495 e. The summed E-state index contributed by atoms with van der Waals surface area (Å²) in [5, 5.41) is 14.0. The molecule has 0 aliphatic rings. The van der Waals surface area contributed by atoms with E-state index in [2.05, 4.69) is 5.32 Å². The van der Waals surface area contributed by atoms with Gasteiger partial charge in [0.15, 0.2) is 0 Å². The Bertz CT molecular complexity index is 1170. The zero-order chi connectivity index (χ0) is 26.3. The molecule has 0 spiro atoms. The number of anilines is 1. The number of carbonyl (C=O) groups excluding carboxylic acids is 2. The zero-order valence-corrected chi connectivity index (χ0v) is 21.1. The minimum atomic E-state index is -4.08. The fourth-order valence-electron chi connectivity index (χ4n) is 3.35. The van der Waals surface area contributed by atoms with Crippen molar-refractivity contribution in [2.75, 3.05) is 24.2 Å². The predicted molar refractivity (Wildman–Crippen MR) is 132 cm³/mol. The SMILES string of the molecule is COc1ccc([N+](=O)[O-])cc1N(CC(=O)N(Cc1ccccc1)[C@@H](C)C(=O)NC(C)C)S(C)(=O)=O. The van der Waals surface area contributed by atoms with Crippen LogP contribution in [0.15, 0.2) is 48.5 Å². The number of nitrogens with zero attached hydrogens (tertiary/aromatic N) is 3. The number of sulfonamides is 1. The summed E-state index contributed by atoms with van der Waals surface area (Å²) in [6, 6.07) is 11.3. The van der Waals surface area contributed by atoms with E-state index in [1.807, 2.05) is 6.07 Å². The van der Waals surface area contributed by atoms with Crippen molar-refractivity contribution in [1.29, 1.82) is 0 Å². The molecule has 0 fully saturated rings. The summed E-state index contributed by atoms with van der Waals surface area (Å²) < 4.78 is 31.3. The van der Waals surface area contributed by atoms with Crippen LogP contribution in [-0.2, 0) is 26.2 Å². The number of hydrogen-bond acceptors (Lipinski definition) is 7. The number of carbonyl (C=O) groups is 2. The molecule has 0 aromatic heterocycles. The van der Waals surface area contributed by atoms with E-state index in [0.717, 1.165) is 22.2 Å². The van der Waals surface area contributed by atoms with Crippen molar-refractivity contribution in [2.45, 2.75) is 39.4 Å². The van der Waals surface area contributed by atoms with Crippen LogP contribution in [0.4, 0.5) is 11.4 Å². The normalized spacial score (nSPS) is 12.1. The molecule has 0 bridgehead atoms. The van der Waals surface area contributed by atoms with E-state index < -0.39 is 39.3 Å². The van der Waals surface area contributed by atoms with E-state index in [1.54, 1.807) is 45.0 Å². The Morgan fingerprint density at radius 2 is 1.74 bits per heavy atom. The topological polar surface area (TPSA) is 139 Å². The maximum atomic E-state index is 13.5. The van der Waals surface area contributed by atoms with E-state index in [-0.39, 0.29) is 29.7 Å². The van der Waals surface area contributed by atoms with Crippen molar-refractivity contribution in [2.24, 2.45) is 0 Å². The van der Waals surface area contributed by atoms with E-state index in [9.17, 15) is 28.1 Å². The van der Waals surface area contributed by atoms with Crippen LogP contribution < -0.4 is 14.4 Å². The molecule has 35 heavy (non-hydrogen) atoms. The fourth-order valence-corrected chi connectivity index (χ4v) is 4.19.